The number of likely N-dealkylation sites (tertiary alicyclic amines) is 1. The molecule has 4 heteroatoms. The highest BCUT2D eigenvalue weighted by Crippen LogP contribution is 2.13. The van der Waals surface area contributed by atoms with Crippen LogP contribution in [0, 0.1) is 6.92 Å². The maximum Gasteiger partial charge on any atom is 0.0825 e. The first-order valence-electron chi connectivity index (χ1n) is 4.82. The summed E-state index contributed by atoms with van der Waals surface area (Å²) in [6.07, 6.45) is 0.411. The zero-order valence-corrected chi connectivity index (χ0v) is 8.60. The first-order chi connectivity index (χ1) is 6.78. The molecule has 0 amide bonds. The lowest BCUT2D eigenvalue weighted by Crippen LogP contribution is -2.51. The highest BCUT2D eigenvalue weighted by molar-refractivity contribution is 5.05. The van der Waals surface area contributed by atoms with Crippen molar-refractivity contribution in [3.63, 3.8) is 0 Å². The average Bonchev–Trinajstić information content (AvgIpc) is 2.13. The van der Waals surface area contributed by atoms with Crippen LogP contribution in [0.25, 0.3) is 0 Å². The molecule has 0 spiro atoms. The quantitative estimate of drug-likeness (QED) is 0.705. The van der Waals surface area contributed by atoms with Crippen LogP contribution in [0.15, 0.2) is 12.1 Å². The Labute approximate surface area is 83.9 Å². The van der Waals surface area contributed by atoms with E-state index in [9.17, 15) is 0 Å². The summed E-state index contributed by atoms with van der Waals surface area (Å²) in [5.41, 5.74) is 2.00. The predicted octanol–water partition coefficient (Wildman–Crippen LogP) is 0.616. The van der Waals surface area contributed by atoms with Crippen LogP contribution in [0.5, 0.6) is 0 Å². The van der Waals surface area contributed by atoms with E-state index in [2.05, 4.69) is 15.1 Å². The number of aryl methyl sites for hydroxylation is 1. The molecule has 0 aliphatic carbocycles. The van der Waals surface area contributed by atoms with Crippen LogP contribution in [-0.4, -0.2) is 41.4 Å². The number of nitrogens with zero attached hydrogens (tertiary/aromatic N) is 3. The SMILES string of the molecule is COC1CN(Cc2ccc(C)nn2)C1. The predicted molar refractivity (Wildman–Crippen MR) is 52.8 cm³/mol. The first kappa shape index (κ1) is 9.55. The smallest absolute Gasteiger partial charge is 0.0825 e. The minimum atomic E-state index is 0.411. The van der Waals surface area contributed by atoms with Gasteiger partial charge in [0.25, 0.3) is 0 Å². The molecule has 0 saturated carbocycles. The molecular weight excluding hydrogens is 178 g/mol. The zero-order valence-electron chi connectivity index (χ0n) is 8.60. The van der Waals surface area contributed by atoms with E-state index in [4.69, 9.17) is 4.74 Å². The maximum absolute atomic E-state index is 5.20. The summed E-state index contributed by atoms with van der Waals surface area (Å²) in [7, 11) is 1.76. The van der Waals surface area contributed by atoms with Crippen LogP contribution < -0.4 is 0 Å². The number of hydrogen-bond donors (Lipinski definition) is 0. The molecule has 0 unspecified atom stereocenters. The molecule has 0 aromatic carbocycles. The molecule has 1 aromatic heterocycles. The van der Waals surface area contributed by atoms with Crippen molar-refractivity contribution in [3.05, 3.63) is 23.5 Å². The molecule has 2 heterocycles. The van der Waals surface area contributed by atoms with E-state index in [1.807, 2.05) is 19.1 Å². The van der Waals surface area contributed by atoms with Crippen LogP contribution in [0.1, 0.15) is 11.4 Å². The van der Waals surface area contributed by atoms with Crippen LogP contribution in [0.4, 0.5) is 0 Å². The third-order valence-electron chi connectivity index (χ3n) is 2.50. The van der Waals surface area contributed by atoms with E-state index >= 15 is 0 Å². The summed E-state index contributed by atoms with van der Waals surface area (Å²) in [6.45, 7) is 4.84. The van der Waals surface area contributed by atoms with Gasteiger partial charge in [-0.15, -0.1) is 0 Å². The molecule has 14 heavy (non-hydrogen) atoms. The molecule has 2 rings (SSSR count). The topological polar surface area (TPSA) is 38.2 Å². The van der Waals surface area contributed by atoms with Gasteiger partial charge in [0, 0.05) is 26.7 Å². The molecule has 76 valence electrons. The average molecular weight is 193 g/mol. The molecule has 1 fully saturated rings. The maximum atomic E-state index is 5.20. The summed E-state index contributed by atoms with van der Waals surface area (Å²) in [5, 5.41) is 8.14. The third kappa shape index (κ3) is 2.08. The van der Waals surface area contributed by atoms with Gasteiger partial charge in [-0.3, -0.25) is 4.90 Å². The van der Waals surface area contributed by atoms with Crippen LogP contribution in [0.3, 0.4) is 0 Å². The fourth-order valence-corrected chi connectivity index (χ4v) is 1.54. The van der Waals surface area contributed by atoms with E-state index in [1.54, 1.807) is 7.11 Å². The number of ether oxygens (including phenoxy) is 1. The van der Waals surface area contributed by atoms with Gasteiger partial charge in [-0.1, -0.05) is 0 Å². The lowest BCUT2D eigenvalue weighted by atomic mass is 10.1. The van der Waals surface area contributed by atoms with Gasteiger partial charge in [0.15, 0.2) is 0 Å². The number of aromatic nitrogens is 2. The third-order valence-corrected chi connectivity index (χ3v) is 2.50. The minimum absolute atomic E-state index is 0.411. The molecule has 1 saturated heterocycles. The van der Waals surface area contributed by atoms with Crippen molar-refractivity contribution in [3.8, 4) is 0 Å². The summed E-state index contributed by atoms with van der Waals surface area (Å²) >= 11 is 0. The van der Waals surface area contributed by atoms with Gasteiger partial charge in [-0.25, -0.2) is 0 Å². The summed E-state index contributed by atoms with van der Waals surface area (Å²) in [6, 6.07) is 4.03. The Morgan fingerprint density at radius 3 is 2.79 bits per heavy atom. The molecule has 0 N–H and O–H groups in total. The van der Waals surface area contributed by atoms with E-state index in [0.717, 1.165) is 31.0 Å². The molecular formula is C10H15N3O. The van der Waals surface area contributed by atoms with Crippen molar-refractivity contribution in [1.29, 1.82) is 0 Å². The van der Waals surface area contributed by atoms with Crippen LogP contribution in [-0.2, 0) is 11.3 Å². The summed E-state index contributed by atoms with van der Waals surface area (Å²) in [5.74, 6) is 0. The van der Waals surface area contributed by atoms with Gasteiger partial charge in [0.1, 0.15) is 0 Å². The molecule has 1 aromatic rings. The second kappa shape index (κ2) is 4.02. The fourth-order valence-electron chi connectivity index (χ4n) is 1.54. The summed E-state index contributed by atoms with van der Waals surface area (Å²) < 4.78 is 5.20. The van der Waals surface area contributed by atoms with Gasteiger partial charge in [-0.05, 0) is 19.1 Å². The number of hydrogen-bond acceptors (Lipinski definition) is 4. The van der Waals surface area contributed by atoms with Crippen molar-refractivity contribution in [2.45, 2.75) is 19.6 Å². The van der Waals surface area contributed by atoms with E-state index < -0.39 is 0 Å². The molecule has 4 nitrogen and oxygen atoms in total. The Bertz CT molecular complexity index is 293. The zero-order chi connectivity index (χ0) is 9.97. The Balaban J connectivity index is 1.84. The largest absolute Gasteiger partial charge is 0.379 e. The lowest BCUT2D eigenvalue weighted by molar-refractivity contribution is -0.0340. The van der Waals surface area contributed by atoms with Crippen molar-refractivity contribution >= 4 is 0 Å². The Morgan fingerprint density at radius 1 is 1.43 bits per heavy atom. The van der Waals surface area contributed by atoms with Crippen molar-refractivity contribution in [2.24, 2.45) is 0 Å². The highest BCUT2D eigenvalue weighted by Gasteiger charge is 2.26. The van der Waals surface area contributed by atoms with Crippen LogP contribution in [0.2, 0.25) is 0 Å². The Morgan fingerprint density at radius 2 is 2.21 bits per heavy atom. The fraction of sp³-hybridized carbons (Fsp3) is 0.600. The van der Waals surface area contributed by atoms with Crippen molar-refractivity contribution in [2.75, 3.05) is 20.2 Å². The van der Waals surface area contributed by atoms with Gasteiger partial charge < -0.3 is 4.74 Å². The Hall–Kier alpha value is -1.00. The summed E-state index contributed by atoms with van der Waals surface area (Å²) in [4.78, 5) is 2.30. The monoisotopic (exact) mass is 193 g/mol. The second-order valence-corrected chi connectivity index (χ2v) is 3.72. The number of methoxy groups -OCH3 is 1. The molecule has 0 bridgehead atoms. The Kier molecular flexibility index (Phi) is 2.74. The number of rotatable bonds is 3. The standard InChI is InChI=1S/C10H15N3O/c1-8-3-4-9(12-11-8)5-13-6-10(7-13)14-2/h3-4,10H,5-7H2,1-2H3. The van der Waals surface area contributed by atoms with Gasteiger partial charge >= 0.3 is 0 Å². The minimum Gasteiger partial charge on any atom is -0.379 e. The van der Waals surface area contributed by atoms with Crippen molar-refractivity contribution < 1.29 is 4.74 Å². The lowest BCUT2D eigenvalue weighted by Gasteiger charge is -2.37. The molecule has 0 radical (unpaired) electrons. The molecule has 0 atom stereocenters. The highest BCUT2D eigenvalue weighted by atomic mass is 16.5. The molecule has 1 aliphatic heterocycles. The van der Waals surface area contributed by atoms with Gasteiger partial charge in [0.2, 0.25) is 0 Å². The van der Waals surface area contributed by atoms with Gasteiger partial charge in [0.05, 0.1) is 17.5 Å². The molecule has 1 aliphatic rings. The normalized spacial score (nSPS) is 18.1. The van der Waals surface area contributed by atoms with Gasteiger partial charge in [-0.2, -0.15) is 10.2 Å². The second-order valence-electron chi connectivity index (χ2n) is 3.72. The van der Waals surface area contributed by atoms with E-state index in [0.29, 0.717) is 6.10 Å². The van der Waals surface area contributed by atoms with E-state index in [-0.39, 0.29) is 0 Å². The van der Waals surface area contributed by atoms with Crippen molar-refractivity contribution in [1.82, 2.24) is 15.1 Å². The van der Waals surface area contributed by atoms with Crippen LogP contribution >= 0.6 is 0 Å². The van der Waals surface area contributed by atoms with E-state index in [1.165, 1.54) is 0 Å². The first-order valence-corrected chi connectivity index (χ1v) is 4.82.